The van der Waals surface area contributed by atoms with Crippen LogP contribution in [0, 0.1) is 5.82 Å². The highest BCUT2D eigenvalue weighted by Gasteiger charge is 2.37. The first-order valence-electron chi connectivity index (χ1n) is 7.25. The lowest BCUT2D eigenvalue weighted by molar-refractivity contribution is 0.0891. The Morgan fingerprint density at radius 1 is 1.32 bits per heavy atom. The molecule has 0 aromatic heterocycles. The lowest BCUT2D eigenvalue weighted by Gasteiger charge is -2.41. The zero-order valence-electron chi connectivity index (χ0n) is 11.6. The van der Waals surface area contributed by atoms with Crippen molar-refractivity contribution >= 4 is 0 Å². The molecule has 1 aromatic rings. The highest BCUT2D eigenvalue weighted by Crippen LogP contribution is 2.43. The molecule has 106 valence electrons. The topological polar surface area (TPSA) is 46.2 Å². The van der Waals surface area contributed by atoms with Crippen LogP contribution in [0.15, 0.2) is 24.3 Å². The number of halogens is 1. The summed E-state index contributed by atoms with van der Waals surface area (Å²) in [7, 11) is 0. The molecule has 1 fully saturated rings. The maximum Gasteiger partial charge on any atom is 0.123 e. The molecule has 2 nitrogen and oxygen atoms in total. The lowest BCUT2D eigenvalue weighted by Crippen LogP contribution is -2.39. The Hall–Kier alpha value is -0.930. The Labute approximate surface area is 114 Å². The molecule has 1 unspecified atom stereocenters. The summed E-state index contributed by atoms with van der Waals surface area (Å²) < 4.78 is 13.1. The van der Waals surface area contributed by atoms with Gasteiger partial charge < -0.3 is 10.8 Å². The Bertz CT molecular complexity index is 396. The van der Waals surface area contributed by atoms with Crippen molar-refractivity contribution in [1.82, 2.24) is 0 Å². The van der Waals surface area contributed by atoms with Gasteiger partial charge in [0.1, 0.15) is 5.82 Å². The van der Waals surface area contributed by atoms with Crippen LogP contribution in [-0.2, 0) is 5.41 Å². The molecule has 0 heterocycles. The second-order valence-corrected chi connectivity index (χ2v) is 5.89. The Morgan fingerprint density at radius 3 is 2.42 bits per heavy atom. The van der Waals surface area contributed by atoms with Crippen LogP contribution in [0.3, 0.4) is 0 Å². The fourth-order valence-corrected chi connectivity index (χ4v) is 3.22. The standard InChI is InChI=1S/C16H24FNO/c1-2-14(18)11-16(9-7-15(19)8-10-16)12-3-5-13(17)6-4-12/h3-6,14-15,19H,2,7-11,18H2,1H3. The summed E-state index contributed by atoms with van der Waals surface area (Å²) in [5.41, 5.74) is 7.34. The van der Waals surface area contributed by atoms with Gasteiger partial charge in [-0.15, -0.1) is 0 Å². The minimum absolute atomic E-state index is 0.0162. The average molecular weight is 265 g/mol. The average Bonchev–Trinajstić information content (AvgIpc) is 2.42. The van der Waals surface area contributed by atoms with E-state index in [1.54, 1.807) is 0 Å². The fraction of sp³-hybridized carbons (Fsp3) is 0.625. The van der Waals surface area contributed by atoms with Gasteiger partial charge in [0, 0.05) is 6.04 Å². The minimum Gasteiger partial charge on any atom is -0.393 e. The number of nitrogens with two attached hydrogens (primary N) is 1. The summed E-state index contributed by atoms with van der Waals surface area (Å²) in [6, 6.07) is 6.99. The van der Waals surface area contributed by atoms with Crippen LogP contribution < -0.4 is 5.73 Å². The van der Waals surface area contributed by atoms with E-state index in [-0.39, 0.29) is 23.4 Å². The van der Waals surface area contributed by atoms with Gasteiger partial charge in [0.2, 0.25) is 0 Å². The van der Waals surface area contributed by atoms with Crippen molar-refractivity contribution in [3.05, 3.63) is 35.6 Å². The van der Waals surface area contributed by atoms with Gasteiger partial charge in [-0.05, 0) is 61.6 Å². The summed E-state index contributed by atoms with van der Waals surface area (Å²) in [4.78, 5) is 0. The molecule has 1 aliphatic carbocycles. The molecule has 0 saturated heterocycles. The highest BCUT2D eigenvalue weighted by atomic mass is 19.1. The molecular formula is C16H24FNO. The predicted molar refractivity (Wildman–Crippen MR) is 75.4 cm³/mol. The third kappa shape index (κ3) is 3.34. The van der Waals surface area contributed by atoms with Crippen LogP contribution in [0.4, 0.5) is 4.39 Å². The maximum absolute atomic E-state index is 13.1. The third-order valence-corrected chi connectivity index (χ3v) is 4.55. The molecule has 1 aromatic carbocycles. The monoisotopic (exact) mass is 265 g/mol. The van der Waals surface area contributed by atoms with Crippen LogP contribution in [0.5, 0.6) is 0 Å². The second-order valence-electron chi connectivity index (χ2n) is 5.89. The van der Waals surface area contributed by atoms with Crippen molar-refractivity contribution in [3.8, 4) is 0 Å². The van der Waals surface area contributed by atoms with E-state index >= 15 is 0 Å². The van der Waals surface area contributed by atoms with Gasteiger partial charge in [0.25, 0.3) is 0 Å². The van der Waals surface area contributed by atoms with Crippen LogP contribution in [0.2, 0.25) is 0 Å². The molecule has 19 heavy (non-hydrogen) atoms. The molecule has 0 radical (unpaired) electrons. The summed E-state index contributed by atoms with van der Waals surface area (Å²) >= 11 is 0. The molecule has 3 heteroatoms. The van der Waals surface area contributed by atoms with Gasteiger partial charge in [0.15, 0.2) is 0 Å². The predicted octanol–water partition coefficient (Wildman–Crippen LogP) is 3.13. The molecule has 0 bridgehead atoms. The first-order chi connectivity index (χ1) is 9.05. The van der Waals surface area contributed by atoms with E-state index in [0.29, 0.717) is 0 Å². The van der Waals surface area contributed by atoms with E-state index in [0.717, 1.165) is 38.5 Å². The van der Waals surface area contributed by atoms with Crippen molar-refractivity contribution in [1.29, 1.82) is 0 Å². The number of hydrogen-bond acceptors (Lipinski definition) is 2. The fourth-order valence-electron chi connectivity index (χ4n) is 3.22. The number of benzene rings is 1. The minimum atomic E-state index is -0.200. The van der Waals surface area contributed by atoms with Crippen molar-refractivity contribution in [2.24, 2.45) is 5.73 Å². The van der Waals surface area contributed by atoms with Crippen LogP contribution in [0.1, 0.15) is 51.0 Å². The zero-order valence-corrected chi connectivity index (χ0v) is 11.6. The summed E-state index contributed by atoms with van der Waals surface area (Å²) in [6.45, 7) is 2.10. The van der Waals surface area contributed by atoms with E-state index in [9.17, 15) is 9.50 Å². The molecule has 0 amide bonds. The number of hydrogen-bond donors (Lipinski definition) is 2. The van der Waals surface area contributed by atoms with Crippen molar-refractivity contribution < 1.29 is 9.50 Å². The number of rotatable bonds is 4. The SMILES string of the molecule is CCC(N)CC1(c2ccc(F)cc2)CCC(O)CC1. The molecule has 1 atom stereocenters. The summed E-state index contributed by atoms with van der Waals surface area (Å²) in [5.74, 6) is -0.200. The van der Waals surface area contributed by atoms with Gasteiger partial charge in [-0.1, -0.05) is 19.1 Å². The molecule has 3 N–H and O–H groups in total. The first kappa shape index (κ1) is 14.5. The van der Waals surface area contributed by atoms with Gasteiger partial charge in [-0.2, -0.15) is 0 Å². The largest absolute Gasteiger partial charge is 0.393 e. The van der Waals surface area contributed by atoms with Crippen molar-refractivity contribution in [2.45, 2.75) is 63.0 Å². The highest BCUT2D eigenvalue weighted by molar-refractivity contribution is 5.27. The van der Waals surface area contributed by atoms with E-state index in [4.69, 9.17) is 5.73 Å². The van der Waals surface area contributed by atoms with E-state index < -0.39 is 0 Å². The summed E-state index contributed by atoms with van der Waals surface area (Å²) in [5, 5.41) is 9.73. The third-order valence-electron chi connectivity index (χ3n) is 4.55. The molecule has 2 rings (SSSR count). The van der Waals surface area contributed by atoms with Gasteiger partial charge in [-0.25, -0.2) is 4.39 Å². The van der Waals surface area contributed by atoms with Gasteiger partial charge >= 0.3 is 0 Å². The summed E-state index contributed by atoms with van der Waals surface area (Å²) in [6.07, 6.45) is 5.18. The molecule has 1 aliphatic rings. The molecular weight excluding hydrogens is 241 g/mol. The lowest BCUT2D eigenvalue weighted by atomic mass is 9.65. The van der Waals surface area contributed by atoms with Gasteiger partial charge in [-0.3, -0.25) is 0 Å². The molecule has 0 spiro atoms. The Kier molecular flexibility index (Phi) is 4.58. The maximum atomic E-state index is 13.1. The van der Waals surface area contributed by atoms with Crippen LogP contribution >= 0.6 is 0 Å². The van der Waals surface area contributed by atoms with E-state index in [2.05, 4.69) is 6.92 Å². The normalized spacial score (nSPS) is 29.2. The Balaban J connectivity index is 2.25. The Morgan fingerprint density at radius 2 is 1.89 bits per heavy atom. The van der Waals surface area contributed by atoms with Crippen LogP contribution in [-0.4, -0.2) is 17.3 Å². The number of aliphatic hydroxyl groups excluding tert-OH is 1. The first-order valence-corrected chi connectivity index (χ1v) is 7.25. The van der Waals surface area contributed by atoms with Gasteiger partial charge in [0.05, 0.1) is 6.10 Å². The quantitative estimate of drug-likeness (QED) is 0.878. The zero-order chi connectivity index (χ0) is 13.9. The second kappa shape index (κ2) is 6.02. The molecule has 0 aliphatic heterocycles. The van der Waals surface area contributed by atoms with Crippen molar-refractivity contribution in [3.63, 3.8) is 0 Å². The number of aliphatic hydroxyl groups is 1. The van der Waals surface area contributed by atoms with E-state index in [1.807, 2.05) is 12.1 Å². The van der Waals surface area contributed by atoms with Crippen molar-refractivity contribution in [2.75, 3.05) is 0 Å². The van der Waals surface area contributed by atoms with Crippen LogP contribution in [0.25, 0.3) is 0 Å². The smallest absolute Gasteiger partial charge is 0.123 e. The van der Waals surface area contributed by atoms with E-state index in [1.165, 1.54) is 17.7 Å². The molecule has 1 saturated carbocycles.